The molecule has 26 heavy (non-hydrogen) atoms. The zero-order chi connectivity index (χ0) is 17.6. The fourth-order valence-corrected chi connectivity index (χ4v) is 2.56. The molecule has 0 spiro atoms. The predicted molar refractivity (Wildman–Crippen MR) is 104 cm³/mol. The molecule has 0 aliphatic carbocycles. The Morgan fingerprint density at radius 1 is 0.885 bits per heavy atom. The number of nitrogens with zero attached hydrogens (tertiary/aromatic N) is 2. The fourth-order valence-electron chi connectivity index (χ4n) is 2.56. The zero-order valence-electron chi connectivity index (χ0n) is 13.9. The van der Waals surface area contributed by atoms with Crippen molar-refractivity contribution in [1.82, 2.24) is 0 Å². The van der Waals surface area contributed by atoms with Gasteiger partial charge in [-0.2, -0.15) is 4.57 Å². The Hall–Kier alpha value is -2.86. The maximum Gasteiger partial charge on any atom is 0.269 e. The number of benzene rings is 2. The Morgan fingerprint density at radius 2 is 1.46 bits per heavy atom. The van der Waals surface area contributed by atoms with Crippen LogP contribution < -0.4 is 4.57 Å². The normalized spacial score (nSPS) is 10.0. The molecule has 0 saturated carbocycles. The molecule has 0 amide bonds. The summed E-state index contributed by atoms with van der Waals surface area (Å²) in [5, 5.41) is 10.7. The minimum Gasteiger partial charge on any atom is -0.287 e. The highest BCUT2D eigenvalue weighted by atomic mass is 79.9. The Morgan fingerprint density at radius 3 is 2.04 bits per heavy atom. The van der Waals surface area contributed by atoms with Crippen molar-refractivity contribution in [3.8, 4) is 0 Å². The quantitative estimate of drug-likeness (QED) is 0.266. The van der Waals surface area contributed by atoms with Crippen LogP contribution in [0.25, 0.3) is 0 Å². The van der Waals surface area contributed by atoms with Gasteiger partial charge in [-0.1, -0.05) is 42.5 Å². The minimum atomic E-state index is -0.404. The van der Waals surface area contributed by atoms with Crippen molar-refractivity contribution in [2.75, 3.05) is 0 Å². The molecule has 3 rings (SSSR count). The van der Waals surface area contributed by atoms with Gasteiger partial charge in [-0.05, 0) is 17.5 Å². The van der Waals surface area contributed by atoms with Crippen molar-refractivity contribution in [2.24, 2.45) is 0 Å². The molecule has 0 saturated heterocycles. The molecular formula is C20H18BrN2O3+. The number of hydrogen-bond acceptors (Lipinski definition) is 3. The van der Waals surface area contributed by atoms with Crippen molar-refractivity contribution in [3.63, 3.8) is 0 Å². The third kappa shape index (κ3) is 5.07. The van der Waals surface area contributed by atoms with Crippen molar-refractivity contribution in [3.05, 3.63) is 106 Å². The second kappa shape index (κ2) is 9.01. The highest BCUT2D eigenvalue weighted by Crippen LogP contribution is 2.14. The number of nitro groups is 1. The van der Waals surface area contributed by atoms with Gasteiger partial charge in [0.05, 0.1) is 4.92 Å². The van der Waals surface area contributed by atoms with Gasteiger partial charge in [0.25, 0.3) is 5.69 Å². The number of halogens is 1. The number of carbonyl (C=O) groups is 1. The van der Waals surface area contributed by atoms with Crippen LogP contribution in [0, 0.1) is 10.1 Å². The molecule has 0 atom stereocenters. The summed E-state index contributed by atoms with van der Waals surface area (Å²) >= 11 is 0. The first-order chi connectivity index (χ1) is 12.1. The molecule has 0 bridgehead atoms. The number of aromatic nitrogens is 1. The van der Waals surface area contributed by atoms with Crippen LogP contribution in [0.3, 0.4) is 0 Å². The first-order valence-electron chi connectivity index (χ1n) is 7.91. The number of rotatable bonds is 6. The van der Waals surface area contributed by atoms with Crippen LogP contribution >= 0.6 is 17.0 Å². The van der Waals surface area contributed by atoms with Gasteiger partial charge in [-0.3, -0.25) is 14.9 Å². The van der Waals surface area contributed by atoms with Gasteiger partial charge in [0.15, 0.2) is 12.4 Å². The predicted octanol–water partition coefficient (Wildman–Crippen LogP) is 3.93. The first kappa shape index (κ1) is 19.5. The molecule has 6 heteroatoms. The molecule has 0 N–H and O–H groups in total. The molecule has 1 heterocycles. The van der Waals surface area contributed by atoms with Crippen LogP contribution in [0.4, 0.5) is 5.69 Å². The van der Waals surface area contributed by atoms with Crippen molar-refractivity contribution < 1.29 is 14.3 Å². The largest absolute Gasteiger partial charge is 0.287 e. The number of pyridine rings is 1. The lowest BCUT2D eigenvalue weighted by molar-refractivity contribution is -0.683. The molecule has 2 aromatic carbocycles. The Labute approximate surface area is 161 Å². The summed E-state index contributed by atoms with van der Waals surface area (Å²) in [5.74, 6) is 0.0636. The molecule has 0 aliphatic rings. The fraction of sp³-hybridized carbons (Fsp3) is 0.100. The summed E-state index contributed by atoms with van der Waals surface area (Å²) in [6.45, 7) is 0.293. The Balaban J connectivity index is 0.00000243. The standard InChI is InChI=1S/C20H17N2O3.BrH/c23-20(18-4-2-1-3-5-18)15-21-12-10-17(11-13-21)14-16-6-8-19(9-7-16)22(24)25;/h1-13H,14-15H2;1H/q+1;. The molecule has 0 unspecified atom stereocenters. The molecule has 1 aromatic heterocycles. The number of hydrogen-bond donors (Lipinski definition) is 0. The van der Waals surface area contributed by atoms with Gasteiger partial charge in [0.2, 0.25) is 12.3 Å². The van der Waals surface area contributed by atoms with Crippen molar-refractivity contribution in [2.45, 2.75) is 13.0 Å². The van der Waals surface area contributed by atoms with Gasteiger partial charge < -0.3 is 0 Å². The molecule has 0 aliphatic heterocycles. The number of nitro benzene ring substituents is 1. The molecular weight excluding hydrogens is 396 g/mol. The molecule has 132 valence electrons. The van der Waals surface area contributed by atoms with E-state index in [1.54, 1.807) is 12.1 Å². The van der Waals surface area contributed by atoms with E-state index >= 15 is 0 Å². The van der Waals surface area contributed by atoms with Gasteiger partial charge in [0.1, 0.15) is 0 Å². The van der Waals surface area contributed by atoms with Crippen molar-refractivity contribution in [1.29, 1.82) is 0 Å². The van der Waals surface area contributed by atoms with Crippen LogP contribution in [0.15, 0.2) is 79.1 Å². The van der Waals surface area contributed by atoms with Gasteiger partial charge in [-0.25, -0.2) is 0 Å². The summed E-state index contributed by atoms with van der Waals surface area (Å²) in [5.41, 5.74) is 2.88. The maximum absolute atomic E-state index is 12.2. The Kier molecular flexibility index (Phi) is 6.74. The highest BCUT2D eigenvalue weighted by Gasteiger charge is 2.11. The van der Waals surface area contributed by atoms with Crippen LogP contribution in [0.2, 0.25) is 0 Å². The van der Waals surface area contributed by atoms with Crippen LogP contribution in [0.1, 0.15) is 21.5 Å². The molecule has 3 aromatic rings. The topological polar surface area (TPSA) is 64.1 Å². The van der Waals surface area contributed by atoms with Crippen molar-refractivity contribution >= 4 is 28.5 Å². The van der Waals surface area contributed by atoms with E-state index in [-0.39, 0.29) is 28.5 Å². The van der Waals surface area contributed by atoms with Gasteiger partial charge in [0, 0.05) is 29.8 Å². The summed E-state index contributed by atoms with van der Waals surface area (Å²) < 4.78 is 1.84. The third-order valence-electron chi connectivity index (χ3n) is 3.94. The van der Waals surface area contributed by atoms with Crippen LogP contribution in [0.5, 0.6) is 0 Å². The number of non-ortho nitro benzene ring substituents is 1. The minimum absolute atomic E-state index is 0. The summed E-state index contributed by atoms with van der Waals surface area (Å²) in [6, 6.07) is 19.7. The molecule has 5 nitrogen and oxygen atoms in total. The lowest BCUT2D eigenvalue weighted by Crippen LogP contribution is -2.37. The van der Waals surface area contributed by atoms with E-state index in [0.29, 0.717) is 18.5 Å². The number of ketones is 1. The van der Waals surface area contributed by atoms with E-state index in [1.165, 1.54) is 12.1 Å². The smallest absolute Gasteiger partial charge is 0.269 e. The molecule has 0 radical (unpaired) electrons. The summed E-state index contributed by atoms with van der Waals surface area (Å²) in [6.07, 6.45) is 4.44. The van der Waals surface area contributed by atoms with Gasteiger partial charge in [-0.15, -0.1) is 17.0 Å². The van der Waals surface area contributed by atoms with E-state index in [4.69, 9.17) is 0 Å². The second-order valence-electron chi connectivity index (χ2n) is 5.77. The number of Topliss-reactive ketones (excluding diaryl/α,β-unsaturated/α-hetero) is 1. The average molecular weight is 414 g/mol. The van der Waals surface area contributed by atoms with E-state index in [0.717, 1.165) is 11.1 Å². The molecule has 0 fully saturated rings. The average Bonchev–Trinajstić information content (AvgIpc) is 2.64. The second-order valence-corrected chi connectivity index (χ2v) is 5.77. The van der Waals surface area contributed by atoms with E-state index in [2.05, 4.69) is 0 Å². The first-order valence-corrected chi connectivity index (χ1v) is 7.91. The SMILES string of the molecule is Br.O=C(C[n+]1ccc(Cc2ccc([N+](=O)[O-])cc2)cc1)c1ccccc1. The lowest BCUT2D eigenvalue weighted by Gasteiger charge is -2.02. The van der Waals surface area contributed by atoms with E-state index in [1.807, 2.05) is 59.4 Å². The zero-order valence-corrected chi connectivity index (χ0v) is 15.7. The van der Waals surface area contributed by atoms with Crippen LogP contribution in [-0.4, -0.2) is 10.7 Å². The lowest BCUT2D eigenvalue weighted by atomic mass is 10.1. The van der Waals surface area contributed by atoms with Gasteiger partial charge >= 0.3 is 0 Å². The summed E-state index contributed by atoms with van der Waals surface area (Å²) in [7, 11) is 0. The highest BCUT2D eigenvalue weighted by molar-refractivity contribution is 8.93. The van der Waals surface area contributed by atoms with E-state index < -0.39 is 4.92 Å². The Bertz CT molecular complexity index is 879. The third-order valence-corrected chi connectivity index (χ3v) is 3.94. The van der Waals surface area contributed by atoms with E-state index in [9.17, 15) is 14.9 Å². The monoisotopic (exact) mass is 413 g/mol. The summed E-state index contributed by atoms with van der Waals surface area (Å²) in [4.78, 5) is 22.5. The van der Waals surface area contributed by atoms with Crippen LogP contribution in [-0.2, 0) is 13.0 Å². The number of carbonyl (C=O) groups excluding carboxylic acids is 1. The maximum atomic E-state index is 12.2.